The van der Waals surface area contributed by atoms with Crippen LogP contribution in [0.1, 0.15) is 213 Å². The lowest BCUT2D eigenvalue weighted by Gasteiger charge is -2.41. The fourth-order valence-electron chi connectivity index (χ4n) is 7.88. The van der Waals surface area contributed by atoms with Crippen LogP contribution in [0.15, 0.2) is 48.6 Å². The van der Waals surface area contributed by atoms with Crippen LogP contribution in [0.25, 0.3) is 0 Å². The monoisotopic (exact) mass is 906 g/mol. The molecule has 1 aliphatic rings. The van der Waals surface area contributed by atoms with Crippen LogP contribution >= 0.6 is 0 Å². The highest BCUT2D eigenvalue weighted by atomic mass is 16.7. The van der Waals surface area contributed by atoms with Crippen molar-refractivity contribution in [2.24, 2.45) is 0 Å². The third-order valence-corrected chi connectivity index (χ3v) is 12.1. The third kappa shape index (κ3) is 30.8. The summed E-state index contributed by atoms with van der Waals surface area (Å²) < 4.78 is 17.5. The molecule has 1 fully saturated rings. The molecule has 0 aliphatic carbocycles. The molecular weight excluding hydrogens is 811 g/mol. The van der Waals surface area contributed by atoms with E-state index in [4.69, 9.17) is 14.2 Å². The van der Waals surface area contributed by atoms with E-state index in [1.54, 1.807) is 6.08 Å². The largest absolute Gasteiger partial charge is 0.454 e. The Hall–Kier alpha value is -2.38. The number of carbonyl (C=O) groups is 2. The van der Waals surface area contributed by atoms with Crippen molar-refractivity contribution in [3.63, 3.8) is 0 Å². The standard InChI is InChI=1S/C53H95NO10/c1-4-7-10-13-16-19-22-25-27-30-33-36-39-45(56)44(54-52(61)46(57)40-37-34-31-28-26-23-20-17-14-11-8-5-2)43-62-53-51(50(60)49(59)47(42-55)63-53)64-48(58)41-38-35-32-29-24-21-18-15-12-9-6-3/h8,11,14,17,20,23,36,39,44-47,49-51,53,55-57,59-60H,4-7,9-10,12-13,15-16,18-19,21-22,24-35,37-38,40-43H2,1-3H3,(H,54,61)/b11-8+,17-14+,23-20-,39-36+. The molecule has 1 amide bonds. The average Bonchev–Trinajstić information content (AvgIpc) is 3.29. The quantitative estimate of drug-likeness (QED) is 0.0150. The lowest BCUT2D eigenvalue weighted by atomic mass is 9.99. The third-order valence-electron chi connectivity index (χ3n) is 12.1. The molecule has 0 aromatic carbocycles. The maximum absolute atomic E-state index is 13.3. The number of hydrogen-bond donors (Lipinski definition) is 6. The molecule has 0 bridgehead atoms. The molecule has 1 heterocycles. The Morgan fingerprint density at radius 1 is 0.625 bits per heavy atom. The van der Waals surface area contributed by atoms with Gasteiger partial charge in [0.25, 0.3) is 0 Å². The number of aliphatic hydroxyl groups is 5. The SMILES string of the molecule is CC/C=C/C=C/C=C\CCCCCCC(O)C(=O)NC(COC1OC(CO)C(O)C(O)C1OC(=O)CCCCCCCCCCCCC)C(O)/C=C/CCCCCCCCCCCC. The van der Waals surface area contributed by atoms with Gasteiger partial charge in [-0.15, -0.1) is 0 Å². The number of aliphatic hydroxyl groups excluding tert-OH is 5. The first kappa shape index (κ1) is 59.6. The first-order valence-corrected chi connectivity index (χ1v) is 25.9. The summed E-state index contributed by atoms with van der Waals surface area (Å²) in [5, 5.41) is 56.5. The van der Waals surface area contributed by atoms with Crippen molar-refractivity contribution in [3.8, 4) is 0 Å². The fraction of sp³-hybridized carbons (Fsp3) is 0.811. The number of carbonyl (C=O) groups excluding carboxylic acids is 2. The number of rotatable bonds is 42. The number of esters is 1. The van der Waals surface area contributed by atoms with Gasteiger partial charge >= 0.3 is 5.97 Å². The molecule has 0 spiro atoms. The van der Waals surface area contributed by atoms with Crippen molar-refractivity contribution in [3.05, 3.63) is 48.6 Å². The Labute approximate surface area is 389 Å². The summed E-state index contributed by atoms with van der Waals surface area (Å²) in [5.41, 5.74) is 0. The van der Waals surface area contributed by atoms with Gasteiger partial charge in [-0.3, -0.25) is 9.59 Å². The van der Waals surface area contributed by atoms with Gasteiger partial charge < -0.3 is 45.1 Å². The number of allylic oxidation sites excluding steroid dienone is 7. The van der Waals surface area contributed by atoms with Crippen molar-refractivity contribution >= 4 is 11.9 Å². The summed E-state index contributed by atoms with van der Waals surface area (Å²) in [6, 6.07) is -1.03. The van der Waals surface area contributed by atoms with Gasteiger partial charge in [-0.25, -0.2) is 0 Å². The topological polar surface area (TPSA) is 175 Å². The van der Waals surface area contributed by atoms with Crippen molar-refractivity contribution in [2.45, 2.75) is 262 Å². The van der Waals surface area contributed by atoms with Gasteiger partial charge in [-0.2, -0.15) is 0 Å². The second-order valence-corrected chi connectivity index (χ2v) is 17.9. The van der Waals surface area contributed by atoms with E-state index in [9.17, 15) is 35.1 Å². The number of nitrogens with one attached hydrogen (secondary N) is 1. The second-order valence-electron chi connectivity index (χ2n) is 17.9. The molecule has 6 N–H and O–H groups in total. The van der Waals surface area contributed by atoms with Crippen LogP contribution in [0, 0.1) is 0 Å². The highest BCUT2D eigenvalue weighted by molar-refractivity contribution is 5.80. The highest BCUT2D eigenvalue weighted by Crippen LogP contribution is 2.26. The molecule has 0 aromatic heterocycles. The van der Waals surface area contributed by atoms with E-state index in [-0.39, 0.29) is 19.4 Å². The molecule has 8 atom stereocenters. The fourth-order valence-corrected chi connectivity index (χ4v) is 7.88. The lowest BCUT2D eigenvalue weighted by molar-refractivity contribution is -0.305. The van der Waals surface area contributed by atoms with Crippen LogP contribution < -0.4 is 5.32 Å². The van der Waals surface area contributed by atoms with Crippen molar-refractivity contribution in [1.29, 1.82) is 0 Å². The van der Waals surface area contributed by atoms with E-state index >= 15 is 0 Å². The summed E-state index contributed by atoms with van der Waals surface area (Å²) in [6.07, 6.45) is 37.4. The van der Waals surface area contributed by atoms with Gasteiger partial charge in [0.2, 0.25) is 5.91 Å². The number of ether oxygens (including phenoxy) is 3. The minimum atomic E-state index is -1.61. The molecule has 0 radical (unpaired) electrons. The van der Waals surface area contributed by atoms with E-state index in [0.717, 1.165) is 70.6 Å². The molecule has 1 saturated heterocycles. The van der Waals surface area contributed by atoms with Gasteiger partial charge in [-0.05, 0) is 44.9 Å². The molecule has 0 saturated carbocycles. The smallest absolute Gasteiger partial charge is 0.306 e. The van der Waals surface area contributed by atoms with Gasteiger partial charge in [0.05, 0.1) is 25.4 Å². The van der Waals surface area contributed by atoms with Gasteiger partial charge in [0, 0.05) is 6.42 Å². The van der Waals surface area contributed by atoms with Crippen LogP contribution in [0.4, 0.5) is 0 Å². The Morgan fingerprint density at radius 3 is 1.67 bits per heavy atom. The van der Waals surface area contributed by atoms with E-state index in [1.165, 1.54) is 96.3 Å². The van der Waals surface area contributed by atoms with Crippen LogP contribution in [0.5, 0.6) is 0 Å². The predicted octanol–water partition coefficient (Wildman–Crippen LogP) is 10.5. The maximum Gasteiger partial charge on any atom is 0.306 e. The number of unbranched alkanes of at least 4 members (excludes halogenated alkanes) is 24. The summed E-state index contributed by atoms with van der Waals surface area (Å²) >= 11 is 0. The van der Waals surface area contributed by atoms with Gasteiger partial charge in [0.1, 0.15) is 24.4 Å². The Kier molecular flexibility index (Phi) is 39.1. The van der Waals surface area contributed by atoms with E-state index < -0.39 is 67.4 Å². The minimum Gasteiger partial charge on any atom is -0.454 e. The molecule has 0 aromatic rings. The molecular formula is C53H95NO10. The van der Waals surface area contributed by atoms with Crippen molar-refractivity contribution in [1.82, 2.24) is 5.32 Å². The average molecular weight is 906 g/mol. The number of amides is 1. The highest BCUT2D eigenvalue weighted by Gasteiger charge is 2.47. The Bertz CT molecular complexity index is 1220. The molecule has 8 unspecified atom stereocenters. The minimum absolute atomic E-state index is 0.122. The first-order chi connectivity index (χ1) is 31.2. The summed E-state index contributed by atoms with van der Waals surface area (Å²) in [7, 11) is 0. The van der Waals surface area contributed by atoms with Gasteiger partial charge in [0.15, 0.2) is 12.4 Å². The predicted molar refractivity (Wildman–Crippen MR) is 260 cm³/mol. The summed E-state index contributed by atoms with van der Waals surface area (Å²) in [4.78, 5) is 26.3. The molecule has 11 heteroatoms. The molecule has 1 aliphatic heterocycles. The normalized spacial score (nSPS) is 20.8. The van der Waals surface area contributed by atoms with E-state index in [2.05, 4.69) is 38.2 Å². The Balaban J connectivity index is 2.81. The molecule has 11 nitrogen and oxygen atoms in total. The van der Waals surface area contributed by atoms with Crippen molar-refractivity contribution in [2.75, 3.05) is 13.2 Å². The van der Waals surface area contributed by atoms with Crippen LogP contribution in [-0.4, -0.2) is 99.6 Å². The number of hydrogen-bond acceptors (Lipinski definition) is 10. The van der Waals surface area contributed by atoms with Crippen LogP contribution in [-0.2, 0) is 23.8 Å². The van der Waals surface area contributed by atoms with Crippen LogP contribution in [0.2, 0.25) is 0 Å². The van der Waals surface area contributed by atoms with E-state index in [1.807, 2.05) is 30.4 Å². The summed E-state index contributed by atoms with van der Waals surface area (Å²) in [5.74, 6) is -1.22. The van der Waals surface area contributed by atoms with E-state index in [0.29, 0.717) is 12.8 Å². The second kappa shape index (κ2) is 42.0. The Morgan fingerprint density at radius 2 is 1.12 bits per heavy atom. The zero-order valence-corrected chi connectivity index (χ0v) is 40.6. The molecule has 372 valence electrons. The van der Waals surface area contributed by atoms with Crippen molar-refractivity contribution < 1.29 is 49.3 Å². The van der Waals surface area contributed by atoms with Crippen LogP contribution in [0.3, 0.4) is 0 Å². The maximum atomic E-state index is 13.3. The lowest BCUT2D eigenvalue weighted by Crippen LogP contribution is -2.61. The zero-order valence-electron chi connectivity index (χ0n) is 40.6. The molecule has 64 heavy (non-hydrogen) atoms. The zero-order chi connectivity index (χ0) is 46.9. The molecule has 1 rings (SSSR count). The van der Waals surface area contributed by atoms with Gasteiger partial charge in [-0.1, -0.05) is 211 Å². The summed E-state index contributed by atoms with van der Waals surface area (Å²) in [6.45, 7) is 5.59. The first-order valence-electron chi connectivity index (χ1n) is 25.9.